The van der Waals surface area contributed by atoms with Crippen molar-refractivity contribution in [3.8, 4) is 0 Å². The van der Waals surface area contributed by atoms with Crippen molar-refractivity contribution in [3.05, 3.63) is 59.6 Å². The average Bonchev–Trinajstić information content (AvgIpc) is 2.87. The Morgan fingerprint density at radius 1 is 1.24 bits per heavy atom. The van der Waals surface area contributed by atoms with Crippen molar-refractivity contribution in [1.82, 2.24) is 0 Å². The predicted octanol–water partition coefficient (Wildman–Crippen LogP) is 3.93. The van der Waals surface area contributed by atoms with Crippen molar-refractivity contribution < 1.29 is 18.0 Å². The summed E-state index contributed by atoms with van der Waals surface area (Å²) in [6.07, 6.45) is 2.88. The van der Waals surface area contributed by atoms with Gasteiger partial charge in [-0.05, 0) is 44.2 Å². The van der Waals surface area contributed by atoms with Crippen LogP contribution in [0.1, 0.15) is 18.4 Å². The number of carbonyl (C=O) groups excluding carboxylic acids is 1. The monoisotopic (exact) mass is 291 g/mol. The van der Waals surface area contributed by atoms with Crippen LogP contribution in [0.2, 0.25) is 0 Å². The molecule has 1 aromatic carbocycles. The summed E-state index contributed by atoms with van der Waals surface area (Å²) in [6.45, 7) is 3.90. The molecular formula is C16H15F2NO2. The number of benzene rings is 1. The van der Waals surface area contributed by atoms with Crippen molar-refractivity contribution >= 4 is 17.7 Å². The lowest BCUT2D eigenvalue weighted by Crippen LogP contribution is -2.28. The number of likely N-dealkylation sites (N-methyl/N-ethyl adjacent to an activating group) is 1. The van der Waals surface area contributed by atoms with E-state index >= 15 is 0 Å². The molecule has 0 unspecified atom stereocenters. The first-order chi connectivity index (χ1) is 10.0. The van der Waals surface area contributed by atoms with Gasteiger partial charge in [-0.25, -0.2) is 8.78 Å². The van der Waals surface area contributed by atoms with Gasteiger partial charge < -0.3 is 9.32 Å². The molecule has 0 aliphatic heterocycles. The summed E-state index contributed by atoms with van der Waals surface area (Å²) in [6, 6.07) is 6.90. The normalized spacial score (nSPS) is 11.0. The van der Waals surface area contributed by atoms with E-state index in [1.165, 1.54) is 23.1 Å². The highest BCUT2D eigenvalue weighted by Gasteiger charge is 2.13. The van der Waals surface area contributed by atoms with Gasteiger partial charge in [0.15, 0.2) is 11.6 Å². The Bertz CT molecular complexity index is 677. The highest BCUT2D eigenvalue weighted by atomic mass is 19.2. The highest BCUT2D eigenvalue weighted by Crippen LogP contribution is 2.18. The summed E-state index contributed by atoms with van der Waals surface area (Å²) in [7, 11) is 0. The van der Waals surface area contributed by atoms with Gasteiger partial charge in [-0.15, -0.1) is 0 Å². The van der Waals surface area contributed by atoms with E-state index in [1.54, 1.807) is 26.0 Å². The van der Waals surface area contributed by atoms with E-state index in [0.29, 0.717) is 18.0 Å². The molecule has 0 saturated heterocycles. The van der Waals surface area contributed by atoms with Gasteiger partial charge in [0, 0.05) is 24.4 Å². The van der Waals surface area contributed by atoms with E-state index in [9.17, 15) is 13.6 Å². The average molecular weight is 291 g/mol. The van der Waals surface area contributed by atoms with Crippen LogP contribution in [0, 0.1) is 18.6 Å². The summed E-state index contributed by atoms with van der Waals surface area (Å²) in [5.74, 6) is -0.956. The molecule has 110 valence electrons. The molecule has 1 aromatic heterocycles. The van der Waals surface area contributed by atoms with Gasteiger partial charge in [-0.1, -0.05) is 0 Å². The number of nitrogens with zero attached hydrogens (tertiary/aromatic N) is 1. The van der Waals surface area contributed by atoms with Crippen LogP contribution in [0.5, 0.6) is 0 Å². The van der Waals surface area contributed by atoms with Crippen LogP contribution in [0.4, 0.5) is 14.5 Å². The van der Waals surface area contributed by atoms with E-state index < -0.39 is 11.6 Å². The molecule has 0 N–H and O–H groups in total. The first kappa shape index (κ1) is 15.0. The molecule has 2 aromatic rings. The summed E-state index contributed by atoms with van der Waals surface area (Å²) in [4.78, 5) is 13.5. The third kappa shape index (κ3) is 3.56. The Kier molecular flexibility index (Phi) is 4.52. The number of aryl methyl sites for hydroxylation is 1. The number of rotatable bonds is 4. The second-order valence-electron chi connectivity index (χ2n) is 4.46. The molecule has 0 spiro atoms. The Labute approximate surface area is 121 Å². The zero-order valence-corrected chi connectivity index (χ0v) is 11.8. The van der Waals surface area contributed by atoms with Crippen LogP contribution in [0.3, 0.4) is 0 Å². The van der Waals surface area contributed by atoms with Crippen LogP contribution >= 0.6 is 0 Å². The maximum absolute atomic E-state index is 13.2. The molecule has 0 saturated carbocycles. The third-order valence-corrected chi connectivity index (χ3v) is 2.95. The maximum Gasteiger partial charge on any atom is 0.251 e. The molecule has 21 heavy (non-hydrogen) atoms. The topological polar surface area (TPSA) is 33.5 Å². The molecular weight excluding hydrogens is 276 g/mol. The second-order valence-corrected chi connectivity index (χ2v) is 4.46. The number of amides is 1. The Balaban J connectivity index is 2.18. The summed E-state index contributed by atoms with van der Waals surface area (Å²) >= 11 is 0. The molecule has 5 heteroatoms. The Hall–Kier alpha value is -2.43. The molecule has 0 bridgehead atoms. The van der Waals surface area contributed by atoms with Crippen LogP contribution < -0.4 is 4.90 Å². The van der Waals surface area contributed by atoms with Gasteiger partial charge in [0.25, 0.3) is 5.91 Å². The fourth-order valence-electron chi connectivity index (χ4n) is 1.90. The van der Waals surface area contributed by atoms with E-state index in [1.807, 2.05) is 0 Å². The molecule has 1 heterocycles. The number of hydrogen-bond donors (Lipinski definition) is 0. The smallest absolute Gasteiger partial charge is 0.251 e. The molecule has 0 radical (unpaired) electrons. The van der Waals surface area contributed by atoms with Crippen molar-refractivity contribution in [3.63, 3.8) is 0 Å². The van der Waals surface area contributed by atoms with Crippen molar-refractivity contribution in [2.75, 3.05) is 11.4 Å². The number of hydrogen-bond acceptors (Lipinski definition) is 2. The first-order valence-electron chi connectivity index (χ1n) is 6.52. The van der Waals surface area contributed by atoms with E-state index in [-0.39, 0.29) is 5.91 Å². The SMILES string of the molecule is CCN(C(=O)/C=C/c1ccc(C)o1)c1ccc(F)c(F)c1. The maximum atomic E-state index is 13.2. The number of anilines is 1. The molecule has 2 rings (SSSR count). The minimum absolute atomic E-state index is 0.307. The summed E-state index contributed by atoms with van der Waals surface area (Å²) < 4.78 is 31.5. The summed E-state index contributed by atoms with van der Waals surface area (Å²) in [5, 5.41) is 0. The predicted molar refractivity (Wildman–Crippen MR) is 76.9 cm³/mol. The van der Waals surface area contributed by atoms with Crippen LogP contribution in [-0.4, -0.2) is 12.5 Å². The van der Waals surface area contributed by atoms with Gasteiger partial charge in [0.1, 0.15) is 11.5 Å². The van der Waals surface area contributed by atoms with Gasteiger partial charge in [0.2, 0.25) is 0 Å². The van der Waals surface area contributed by atoms with Crippen molar-refractivity contribution in [2.45, 2.75) is 13.8 Å². The number of furan rings is 1. The van der Waals surface area contributed by atoms with Gasteiger partial charge in [-0.3, -0.25) is 4.79 Å². The van der Waals surface area contributed by atoms with Crippen LogP contribution in [0.25, 0.3) is 6.08 Å². The standard InChI is InChI=1S/C16H15F2NO2/c1-3-19(12-5-8-14(17)15(18)10-12)16(20)9-7-13-6-4-11(2)21-13/h4-10H,3H2,1-2H3/b9-7+. The highest BCUT2D eigenvalue weighted by molar-refractivity contribution is 6.03. The van der Waals surface area contributed by atoms with Crippen molar-refractivity contribution in [1.29, 1.82) is 0 Å². The van der Waals surface area contributed by atoms with E-state index in [0.717, 1.165) is 17.9 Å². The third-order valence-electron chi connectivity index (χ3n) is 2.95. The van der Waals surface area contributed by atoms with Gasteiger partial charge in [-0.2, -0.15) is 0 Å². The zero-order chi connectivity index (χ0) is 15.4. The fourth-order valence-corrected chi connectivity index (χ4v) is 1.90. The first-order valence-corrected chi connectivity index (χ1v) is 6.52. The van der Waals surface area contributed by atoms with Gasteiger partial charge >= 0.3 is 0 Å². The second kappa shape index (κ2) is 6.35. The van der Waals surface area contributed by atoms with Crippen LogP contribution in [0.15, 0.2) is 40.8 Å². The number of halogens is 2. The van der Waals surface area contributed by atoms with E-state index in [2.05, 4.69) is 0 Å². The molecule has 1 amide bonds. The van der Waals surface area contributed by atoms with E-state index in [4.69, 9.17) is 4.42 Å². The molecule has 0 atom stereocenters. The lowest BCUT2D eigenvalue weighted by molar-refractivity contribution is -0.114. The van der Waals surface area contributed by atoms with Crippen LogP contribution in [-0.2, 0) is 4.79 Å². The number of carbonyl (C=O) groups is 1. The lowest BCUT2D eigenvalue weighted by Gasteiger charge is -2.19. The summed E-state index contributed by atoms with van der Waals surface area (Å²) in [5.41, 5.74) is 0.307. The quantitative estimate of drug-likeness (QED) is 0.800. The minimum Gasteiger partial charge on any atom is -0.462 e. The largest absolute Gasteiger partial charge is 0.462 e. The molecule has 3 nitrogen and oxygen atoms in total. The Morgan fingerprint density at radius 2 is 2.00 bits per heavy atom. The molecule has 0 aliphatic carbocycles. The fraction of sp³-hybridized carbons (Fsp3) is 0.188. The van der Waals surface area contributed by atoms with Gasteiger partial charge in [0.05, 0.1) is 0 Å². The molecule has 0 aliphatic rings. The zero-order valence-electron chi connectivity index (χ0n) is 11.8. The minimum atomic E-state index is -0.982. The molecule has 0 fully saturated rings. The lowest BCUT2D eigenvalue weighted by atomic mass is 10.2. The van der Waals surface area contributed by atoms with Crippen molar-refractivity contribution in [2.24, 2.45) is 0 Å². The Morgan fingerprint density at radius 3 is 2.57 bits per heavy atom.